The van der Waals surface area contributed by atoms with Crippen molar-refractivity contribution in [2.75, 3.05) is 69.1 Å². The minimum Gasteiger partial charge on any atom is -0.508 e. The Bertz CT molecular complexity index is 5420. The number of anilines is 4. The molecule has 12 aromatic rings. The number of phenols is 5. The van der Waals surface area contributed by atoms with Crippen molar-refractivity contribution in [2.24, 2.45) is 0 Å². The van der Waals surface area contributed by atoms with Gasteiger partial charge in [0.1, 0.15) is 69.3 Å². The van der Waals surface area contributed by atoms with Crippen molar-refractivity contribution in [3.05, 3.63) is 359 Å². The Kier molecular flexibility index (Phi) is 32.1. The normalized spacial score (nSPS) is 19.2. The minimum absolute atomic E-state index is 0.0156. The molecule has 0 bridgehead atoms. The van der Waals surface area contributed by atoms with Gasteiger partial charge in [0.05, 0.1) is 94.1 Å². The van der Waals surface area contributed by atoms with Gasteiger partial charge in [-0.1, -0.05) is 121 Å². The fraction of sp³-hybridized carbons (Fsp3) is 0.262. The van der Waals surface area contributed by atoms with Crippen molar-refractivity contribution in [2.45, 2.75) is 124 Å². The lowest BCUT2D eigenvalue weighted by atomic mass is 9.92. The summed E-state index contributed by atoms with van der Waals surface area (Å²) in [7, 11) is 12.4. The van der Waals surface area contributed by atoms with Gasteiger partial charge in [0.2, 0.25) is 0 Å². The van der Waals surface area contributed by atoms with Gasteiger partial charge in [-0.15, -0.1) is 0 Å². The van der Waals surface area contributed by atoms with Crippen LogP contribution in [0.15, 0.2) is 291 Å². The SMILES string of the molecule is CN1C(=S)N(c2ccccc2)C(c2ccc(O)cc2O)C1CCC(O)c1ccc(F)cc1.COc1ccc(C2[C@H](CCC(O)c3ccc(F)cc3)N(C)C(=S)N2c2ccccc2)c(O)c1.COc1ccc([C@@H]2[C@H](CC[C@H](O)c3ccc(F)cc3)N(C)C(=S)N2c2ccccc2)c(O)c1.COc1ccc([C@@H]2[C@H](CC[C@H](O)c3ccc(F)cc3)N(C)C(=S)N2c2ccccc2)c(O)c1. The summed E-state index contributed by atoms with van der Waals surface area (Å²) in [6.45, 7) is 0. The summed E-state index contributed by atoms with van der Waals surface area (Å²) < 4.78 is 68.8. The molecule has 0 aromatic heterocycles. The van der Waals surface area contributed by atoms with Crippen LogP contribution in [0.1, 0.15) is 144 Å². The van der Waals surface area contributed by atoms with Crippen LogP contribution in [-0.2, 0) is 0 Å². The molecule has 0 amide bonds. The standard InChI is InChI=1S/3C26H27FN2O3S.C25H25FN2O3S/c3*1-28-22(14-15-23(30)17-8-10-18(27)11-9-17)25(21-13-12-20(32-2)16-24(21)31)29(26(28)33)19-6-4-3-5-7-19;1-27-21(13-14-22(30)16-7-9-17(26)10-8-16)24(20-12-11-19(29)15-23(20)31)28(25(27)32)18-5-3-2-4-6-18/h3*3-13,16,22-23,25,30-31H,14-15H2,1-2H3;2-12,15,21-22,24,29-31H,13-14H2,1H3/t22-,23?,25?;2*22-,23-,25+;/m000./s1. The van der Waals surface area contributed by atoms with Gasteiger partial charge in [0, 0.05) is 97.5 Å². The van der Waals surface area contributed by atoms with Crippen molar-refractivity contribution in [3.8, 4) is 46.0 Å². The lowest BCUT2D eigenvalue weighted by molar-refractivity contribution is 0.152. The molecule has 682 valence electrons. The van der Waals surface area contributed by atoms with Crippen LogP contribution in [0, 0.1) is 23.3 Å². The minimum atomic E-state index is -0.752. The first-order valence-electron chi connectivity index (χ1n) is 42.9. The van der Waals surface area contributed by atoms with E-state index in [-0.39, 0.29) is 100 Å². The van der Waals surface area contributed by atoms with Crippen LogP contribution in [-0.4, -0.2) is 160 Å². The molecule has 0 saturated carbocycles. The quantitative estimate of drug-likeness (QED) is 0.0172. The number of methoxy groups -OCH3 is 3. The predicted octanol–water partition coefficient (Wildman–Crippen LogP) is 20.5. The van der Waals surface area contributed by atoms with E-state index in [1.54, 1.807) is 100 Å². The average Bonchev–Trinajstić information content (AvgIpc) is 1.62. The maximum absolute atomic E-state index is 13.3. The van der Waals surface area contributed by atoms with Crippen LogP contribution >= 0.6 is 48.9 Å². The molecular formula is C103H106F4N8O12S4. The molecule has 9 N–H and O–H groups in total. The highest BCUT2D eigenvalue weighted by atomic mass is 32.1. The number of hydrogen-bond acceptors (Lipinski definition) is 16. The van der Waals surface area contributed by atoms with Crippen LogP contribution in [0.3, 0.4) is 0 Å². The number of halogens is 4. The van der Waals surface area contributed by atoms with E-state index in [1.165, 1.54) is 54.6 Å². The number of aromatic hydroxyl groups is 5. The zero-order valence-corrected chi connectivity index (χ0v) is 76.5. The Morgan fingerprint density at radius 3 is 0.664 bits per heavy atom. The number of para-hydroxylation sites is 4. The molecule has 20 nitrogen and oxygen atoms in total. The Labute approximate surface area is 782 Å². The third kappa shape index (κ3) is 22.2. The van der Waals surface area contributed by atoms with Gasteiger partial charge in [-0.25, -0.2) is 17.6 Å². The number of hydrogen-bond donors (Lipinski definition) is 9. The first-order valence-corrected chi connectivity index (χ1v) is 44.5. The first kappa shape index (κ1) is 95.9. The molecule has 0 radical (unpaired) electrons. The van der Waals surface area contributed by atoms with E-state index in [0.29, 0.717) is 117 Å². The predicted molar refractivity (Wildman–Crippen MR) is 519 cm³/mol. The summed E-state index contributed by atoms with van der Waals surface area (Å²) in [5.41, 5.74) is 9.16. The fourth-order valence-corrected chi connectivity index (χ4v) is 19.1. The van der Waals surface area contributed by atoms with E-state index >= 15 is 0 Å². The van der Waals surface area contributed by atoms with Gasteiger partial charge in [0.15, 0.2) is 20.4 Å². The summed E-state index contributed by atoms with van der Waals surface area (Å²) in [4.78, 5) is 16.2. The molecule has 0 spiro atoms. The highest BCUT2D eigenvalue weighted by molar-refractivity contribution is 7.81. The Balaban J connectivity index is 0.000000149. The monoisotopic (exact) mass is 1850 g/mol. The van der Waals surface area contributed by atoms with Crippen molar-refractivity contribution in [3.63, 3.8) is 0 Å². The van der Waals surface area contributed by atoms with Gasteiger partial charge in [-0.05, 0) is 268 Å². The van der Waals surface area contributed by atoms with Crippen LogP contribution < -0.4 is 33.8 Å². The molecular weight excluding hydrogens is 1750 g/mol. The van der Waals surface area contributed by atoms with Crippen LogP contribution in [0.4, 0.5) is 40.3 Å². The number of phenolic OH excluding ortho intramolecular Hbond substituents is 5. The number of thiocarbonyl (C=S) groups is 4. The molecule has 12 aromatic carbocycles. The van der Waals surface area contributed by atoms with E-state index in [0.717, 1.165) is 39.4 Å². The summed E-state index contributed by atoms with van der Waals surface area (Å²) >= 11 is 23.2. The van der Waals surface area contributed by atoms with Gasteiger partial charge >= 0.3 is 0 Å². The third-order valence-corrected chi connectivity index (χ3v) is 26.6. The van der Waals surface area contributed by atoms with Gasteiger partial charge in [-0.2, -0.15) is 0 Å². The van der Waals surface area contributed by atoms with Gasteiger partial charge in [0.25, 0.3) is 0 Å². The first-order chi connectivity index (χ1) is 63.1. The molecule has 16 rings (SSSR count). The Morgan fingerprint density at radius 2 is 0.473 bits per heavy atom. The second-order valence-electron chi connectivity index (χ2n) is 32.5. The Hall–Kier alpha value is -12.6. The second kappa shape index (κ2) is 43.9. The highest BCUT2D eigenvalue weighted by Crippen LogP contribution is 2.50. The molecule has 131 heavy (non-hydrogen) atoms. The van der Waals surface area contributed by atoms with Crippen molar-refractivity contribution in [1.29, 1.82) is 0 Å². The summed E-state index contributed by atoms with van der Waals surface area (Å²) in [5.74, 6) is 0.712. The van der Waals surface area contributed by atoms with E-state index in [4.69, 9.17) is 63.1 Å². The van der Waals surface area contributed by atoms with Gasteiger partial charge < -0.3 is 99.4 Å². The molecule has 12 atom stereocenters. The number of rotatable bonds is 27. The summed E-state index contributed by atoms with van der Waals surface area (Å²) in [6, 6.07) is 81.6. The topological polar surface area (TPSA) is 236 Å². The number of ether oxygens (including phenoxy) is 3. The average molecular weight is 1850 g/mol. The van der Waals surface area contributed by atoms with Crippen LogP contribution in [0.25, 0.3) is 0 Å². The summed E-state index contributed by atoms with van der Waals surface area (Å²) in [6.07, 6.45) is 1.24. The molecule has 4 saturated heterocycles. The molecule has 5 unspecified atom stereocenters. The molecule has 4 heterocycles. The second-order valence-corrected chi connectivity index (χ2v) is 34.0. The zero-order valence-electron chi connectivity index (χ0n) is 73.3. The van der Waals surface area contributed by atoms with E-state index < -0.39 is 24.4 Å². The molecule has 4 aliphatic rings. The van der Waals surface area contributed by atoms with Crippen LogP contribution in [0.5, 0.6) is 46.0 Å². The lowest BCUT2D eigenvalue weighted by Crippen LogP contribution is -2.31. The van der Waals surface area contributed by atoms with Crippen molar-refractivity contribution >= 4 is 92.1 Å². The number of aliphatic hydroxyl groups is 4. The molecule has 0 aliphatic carbocycles. The maximum Gasteiger partial charge on any atom is 0.176 e. The molecule has 4 fully saturated rings. The number of aliphatic hydroxyl groups excluding tert-OH is 4. The van der Waals surface area contributed by atoms with E-state index in [9.17, 15) is 63.5 Å². The smallest absolute Gasteiger partial charge is 0.176 e. The largest absolute Gasteiger partial charge is 0.508 e. The van der Waals surface area contributed by atoms with Gasteiger partial charge in [-0.3, -0.25) is 0 Å². The van der Waals surface area contributed by atoms with E-state index in [2.05, 4.69) is 0 Å². The van der Waals surface area contributed by atoms with E-state index in [1.807, 2.05) is 225 Å². The Morgan fingerprint density at radius 1 is 0.275 bits per heavy atom. The third-order valence-electron chi connectivity index (χ3n) is 24.7. The highest BCUT2D eigenvalue weighted by Gasteiger charge is 2.49. The lowest BCUT2D eigenvalue weighted by Gasteiger charge is -2.29. The number of likely N-dealkylation sites (N-methyl/N-ethyl adjacent to an activating group) is 4. The number of benzene rings is 12. The zero-order chi connectivity index (χ0) is 93.4. The van der Waals surface area contributed by atoms with Crippen LogP contribution in [0.2, 0.25) is 0 Å². The van der Waals surface area contributed by atoms with Crippen molar-refractivity contribution in [1.82, 2.24) is 19.6 Å². The molecule has 28 heteroatoms. The fourth-order valence-electron chi connectivity index (χ4n) is 17.7. The molecule has 4 aliphatic heterocycles. The number of nitrogens with zero attached hydrogens (tertiary/aromatic N) is 8. The maximum atomic E-state index is 13.3. The van der Waals surface area contributed by atoms with Crippen molar-refractivity contribution < 1.29 is 77.7 Å². The summed E-state index contributed by atoms with van der Waals surface area (Å²) in [5, 5.41) is 98.5.